The van der Waals surface area contributed by atoms with Crippen LogP contribution in [0.2, 0.25) is 0 Å². The lowest BCUT2D eigenvalue weighted by Crippen LogP contribution is -2.29. The molecule has 22 heavy (non-hydrogen) atoms. The number of hydrogen-bond donors (Lipinski definition) is 1. The molecule has 0 aliphatic rings. The van der Waals surface area contributed by atoms with Crippen LogP contribution < -0.4 is 5.56 Å². The molecule has 2 aromatic rings. The van der Waals surface area contributed by atoms with Crippen LogP contribution in [0.1, 0.15) is 41.3 Å². The Labute approximate surface area is 129 Å². The highest BCUT2D eigenvalue weighted by Crippen LogP contribution is 2.22. The van der Waals surface area contributed by atoms with E-state index in [1.807, 2.05) is 39.0 Å². The van der Waals surface area contributed by atoms with Crippen molar-refractivity contribution < 1.29 is 9.90 Å². The normalized spacial score (nSPS) is 10.7. The van der Waals surface area contributed by atoms with Gasteiger partial charge in [-0.3, -0.25) is 4.79 Å². The van der Waals surface area contributed by atoms with E-state index in [-0.39, 0.29) is 5.56 Å². The molecule has 0 aliphatic heterocycles. The van der Waals surface area contributed by atoms with Crippen LogP contribution in [0.3, 0.4) is 0 Å². The molecule has 0 saturated carbocycles. The fraction of sp³-hybridized carbons (Fsp3) is 0.353. The van der Waals surface area contributed by atoms with Crippen molar-refractivity contribution in [1.29, 1.82) is 0 Å². The smallest absolute Gasteiger partial charge is 0.341 e. The number of rotatable bonds is 5. The molecule has 116 valence electrons. The number of benzene rings is 1. The first kappa shape index (κ1) is 15.9. The molecule has 0 unspecified atom stereocenters. The van der Waals surface area contributed by atoms with Gasteiger partial charge in [0, 0.05) is 12.1 Å². The molecule has 5 nitrogen and oxygen atoms in total. The summed E-state index contributed by atoms with van der Waals surface area (Å²) >= 11 is 0. The number of carboxylic acids is 1. The molecule has 0 fully saturated rings. The van der Waals surface area contributed by atoms with E-state index in [1.165, 1.54) is 10.7 Å². The molecule has 2 rings (SSSR count). The third-order valence-electron chi connectivity index (χ3n) is 3.59. The summed E-state index contributed by atoms with van der Waals surface area (Å²) in [6.07, 6.45) is 1.69. The number of unbranched alkanes of at least 4 members (excludes halogenated alkanes) is 1. The molecule has 0 amide bonds. The summed E-state index contributed by atoms with van der Waals surface area (Å²) in [5.74, 6) is -1.22. The van der Waals surface area contributed by atoms with Crippen molar-refractivity contribution in [3.05, 3.63) is 51.3 Å². The van der Waals surface area contributed by atoms with E-state index >= 15 is 0 Å². The number of aromatic nitrogens is 2. The first-order valence-electron chi connectivity index (χ1n) is 7.37. The highest BCUT2D eigenvalue weighted by molar-refractivity contribution is 5.88. The van der Waals surface area contributed by atoms with Crippen molar-refractivity contribution in [3.8, 4) is 11.3 Å². The number of hydrogen-bond acceptors (Lipinski definition) is 3. The van der Waals surface area contributed by atoms with Gasteiger partial charge in [0.15, 0.2) is 0 Å². The van der Waals surface area contributed by atoms with Crippen LogP contribution in [0.15, 0.2) is 29.1 Å². The monoisotopic (exact) mass is 300 g/mol. The minimum absolute atomic E-state index is 0.235. The van der Waals surface area contributed by atoms with Crippen molar-refractivity contribution in [1.82, 2.24) is 9.78 Å². The molecule has 0 saturated heterocycles. The van der Waals surface area contributed by atoms with Crippen molar-refractivity contribution in [2.24, 2.45) is 0 Å². The molecule has 0 aliphatic carbocycles. The summed E-state index contributed by atoms with van der Waals surface area (Å²) in [4.78, 5) is 23.5. The van der Waals surface area contributed by atoms with Crippen LogP contribution >= 0.6 is 0 Å². The van der Waals surface area contributed by atoms with E-state index in [0.717, 1.165) is 29.5 Å². The molecule has 0 spiro atoms. The summed E-state index contributed by atoms with van der Waals surface area (Å²) in [5.41, 5.74) is 2.71. The second kappa shape index (κ2) is 6.56. The third-order valence-corrected chi connectivity index (χ3v) is 3.59. The molecule has 1 heterocycles. The van der Waals surface area contributed by atoms with Gasteiger partial charge in [0.1, 0.15) is 5.56 Å². The lowest BCUT2D eigenvalue weighted by atomic mass is 10.0. The van der Waals surface area contributed by atoms with E-state index in [2.05, 4.69) is 5.10 Å². The molecule has 1 aromatic carbocycles. The minimum atomic E-state index is -1.22. The molecule has 0 bridgehead atoms. The minimum Gasteiger partial charge on any atom is -0.477 e. The molecule has 0 radical (unpaired) electrons. The first-order chi connectivity index (χ1) is 10.4. The molecule has 0 atom stereocenters. The number of carbonyl (C=O) groups is 1. The van der Waals surface area contributed by atoms with Gasteiger partial charge >= 0.3 is 5.97 Å². The van der Waals surface area contributed by atoms with Gasteiger partial charge in [0.25, 0.3) is 5.56 Å². The zero-order valence-electron chi connectivity index (χ0n) is 13.1. The van der Waals surface area contributed by atoms with Crippen LogP contribution in [0.25, 0.3) is 11.3 Å². The Kier molecular flexibility index (Phi) is 4.75. The van der Waals surface area contributed by atoms with E-state index in [1.54, 1.807) is 0 Å². The summed E-state index contributed by atoms with van der Waals surface area (Å²) < 4.78 is 1.27. The van der Waals surface area contributed by atoms with Crippen LogP contribution in [0.5, 0.6) is 0 Å². The Bertz CT molecular complexity index is 763. The zero-order valence-corrected chi connectivity index (χ0v) is 13.1. The predicted octanol–water partition coefficient (Wildman–Crippen LogP) is 3.03. The van der Waals surface area contributed by atoms with Gasteiger partial charge in [-0.1, -0.05) is 37.1 Å². The van der Waals surface area contributed by atoms with Crippen LogP contribution in [0, 0.1) is 13.8 Å². The number of aryl methyl sites for hydroxylation is 3. The first-order valence-corrected chi connectivity index (χ1v) is 7.37. The summed E-state index contributed by atoms with van der Waals surface area (Å²) in [7, 11) is 0. The van der Waals surface area contributed by atoms with E-state index in [9.17, 15) is 14.7 Å². The largest absolute Gasteiger partial charge is 0.477 e. The average Bonchev–Trinajstić information content (AvgIpc) is 2.46. The maximum atomic E-state index is 12.2. The second-order valence-corrected chi connectivity index (χ2v) is 5.45. The van der Waals surface area contributed by atoms with Gasteiger partial charge in [-0.25, -0.2) is 9.48 Å². The van der Waals surface area contributed by atoms with Gasteiger partial charge in [-0.15, -0.1) is 0 Å². The zero-order chi connectivity index (χ0) is 16.3. The fourth-order valence-corrected chi connectivity index (χ4v) is 2.39. The van der Waals surface area contributed by atoms with E-state index < -0.39 is 11.5 Å². The summed E-state index contributed by atoms with van der Waals surface area (Å²) in [5, 5.41) is 13.6. The van der Waals surface area contributed by atoms with Gasteiger partial charge < -0.3 is 5.11 Å². The topological polar surface area (TPSA) is 72.2 Å². The maximum absolute atomic E-state index is 12.2. The molecule has 1 N–H and O–H groups in total. The van der Waals surface area contributed by atoms with Crippen LogP contribution in [-0.2, 0) is 6.54 Å². The Balaban J connectivity index is 2.62. The summed E-state index contributed by atoms with van der Waals surface area (Å²) in [6, 6.07) is 7.24. The molecule has 1 aromatic heterocycles. The third kappa shape index (κ3) is 3.24. The van der Waals surface area contributed by atoms with Gasteiger partial charge in [0.05, 0.1) is 5.69 Å². The van der Waals surface area contributed by atoms with Crippen molar-refractivity contribution in [3.63, 3.8) is 0 Å². The summed E-state index contributed by atoms with van der Waals surface area (Å²) in [6.45, 7) is 6.38. The predicted molar refractivity (Wildman–Crippen MR) is 85.3 cm³/mol. The fourth-order valence-electron chi connectivity index (χ4n) is 2.39. The van der Waals surface area contributed by atoms with Gasteiger partial charge in [-0.05, 0) is 31.9 Å². The Morgan fingerprint density at radius 3 is 2.59 bits per heavy atom. The average molecular weight is 300 g/mol. The SMILES string of the molecule is CCCCn1nc(-c2ccc(C)cc2C)cc(C(=O)O)c1=O. The molecule has 5 heteroatoms. The lowest BCUT2D eigenvalue weighted by molar-refractivity contribution is 0.0693. The quantitative estimate of drug-likeness (QED) is 0.921. The van der Waals surface area contributed by atoms with Gasteiger partial charge in [0.2, 0.25) is 0 Å². The van der Waals surface area contributed by atoms with E-state index in [0.29, 0.717) is 12.2 Å². The van der Waals surface area contributed by atoms with Crippen molar-refractivity contribution in [2.75, 3.05) is 0 Å². The van der Waals surface area contributed by atoms with E-state index in [4.69, 9.17) is 0 Å². The number of aromatic carboxylic acids is 1. The lowest BCUT2D eigenvalue weighted by Gasteiger charge is -2.11. The Hall–Kier alpha value is -2.43. The molecular formula is C17H20N2O3. The number of carboxylic acid groups (broad SMARTS) is 1. The second-order valence-electron chi connectivity index (χ2n) is 5.45. The highest BCUT2D eigenvalue weighted by Gasteiger charge is 2.16. The van der Waals surface area contributed by atoms with Crippen LogP contribution in [-0.4, -0.2) is 20.9 Å². The highest BCUT2D eigenvalue weighted by atomic mass is 16.4. The number of nitrogens with zero attached hydrogens (tertiary/aromatic N) is 2. The van der Waals surface area contributed by atoms with Crippen molar-refractivity contribution >= 4 is 5.97 Å². The molecular weight excluding hydrogens is 280 g/mol. The standard InChI is InChI=1S/C17H20N2O3/c1-4-5-8-19-16(20)14(17(21)22)10-15(18-19)13-7-6-11(2)9-12(13)3/h6-7,9-10H,4-5,8H2,1-3H3,(H,21,22). The maximum Gasteiger partial charge on any atom is 0.341 e. The van der Waals surface area contributed by atoms with Crippen LogP contribution in [0.4, 0.5) is 0 Å². The Morgan fingerprint density at radius 1 is 1.27 bits per heavy atom. The Morgan fingerprint density at radius 2 is 2.00 bits per heavy atom. The van der Waals surface area contributed by atoms with Crippen molar-refractivity contribution in [2.45, 2.75) is 40.2 Å². The van der Waals surface area contributed by atoms with Gasteiger partial charge in [-0.2, -0.15) is 5.10 Å².